The van der Waals surface area contributed by atoms with Crippen molar-refractivity contribution in [3.63, 3.8) is 0 Å². The van der Waals surface area contributed by atoms with Crippen LogP contribution < -0.4 is 10.6 Å². The molecule has 22 heavy (non-hydrogen) atoms. The van der Waals surface area contributed by atoms with Crippen LogP contribution in [0.3, 0.4) is 0 Å². The van der Waals surface area contributed by atoms with Gasteiger partial charge in [0.05, 0.1) is 16.8 Å². The Bertz CT molecular complexity index is 650. The third-order valence-corrected chi connectivity index (χ3v) is 4.93. The molecule has 0 aliphatic carbocycles. The van der Waals surface area contributed by atoms with Crippen LogP contribution in [0, 0.1) is 5.92 Å². The molecule has 1 unspecified atom stereocenters. The number of amides is 1. The van der Waals surface area contributed by atoms with E-state index in [-0.39, 0.29) is 5.91 Å². The minimum atomic E-state index is 0.0549. The van der Waals surface area contributed by atoms with E-state index in [9.17, 15) is 4.79 Å². The number of thiazole rings is 1. The molecule has 0 spiro atoms. The summed E-state index contributed by atoms with van der Waals surface area (Å²) in [6.45, 7) is 2.64. The van der Waals surface area contributed by atoms with Crippen molar-refractivity contribution in [2.24, 2.45) is 5.92 Å². The van der Waals surface area contributed by atoms with Crippen molar-refractivity contribution in [3.05, 3.63) is 23.8 Å². The van der Waals surface area contributed by atoms with Gasteiger partial charge in [0.25, 0.3) is 0 Å². The van der Waals surface area contributed by atoms with Crippen molar-refractivity contribution >= 4 is 32.6 Å². The van der Waals surface area contributed by atoms with Crippen LogP contribution >= 0.6 is 11.3 Å². The van der Waals surface area contributed by atoms with Gasteiger partial charge in [-0.2, -0.15) is 0 Å². The van der Waals surface area contributed by atoms with Crippen LogP contribution in [0.25, 0.3) is 10.2 Å². The molecule has 1 aromatic carbocycles. The number of hydrogen-bond donors (Lipinski definition) is 2. The summed E-state index contributed by atoms with van der Waals surface area (Å²) in [4.78, 5) is 16.6. The monoisotopic (exact) mass is 319 g/mol. The zero-order valence-electron chi connectivity index (χ0n) is 12.7. The molecular weight excluding hydrogens is 298 g/mol. The Morgan fingerprint density at radius 3 is 3.23 bits per heavy atom. The fraction of sp³-hybridized carbons (Fsp3) is 0.500. The molecule has 1 fully saturated rings. The van der Waals surface area contributed by atoms with Crippen molar-refractivity contribution < 1.29 is 9.53 Å². The van der Waals surface area contributed by atoms with Gasteiger partial charge in [0.15, 0.2) is 5.13 Å². The van der Waals surface area contributed by atoms with Crippen molar-refractivity contribution in [1.82, 2.24) is 10.3 Å². The Morgan fingerprint density at radius 1 is 1.55 bits per heavy atom. The molecule has 6 heteroatoms. The highest BCUT2D eigenvalue weighted by molar-refractivity contribution is 7.22. The van der Waals surface area contributed by atoms with Gasteiger partial charge in [-0.25, -0.2) is 4.98 Å². The standard InChI is InChI=1S/C16H21N3O2S/c1-21-10-12-3-2-4-13-15(12)19-16(22-13)18-14(20)6-5-11-7-8-17-9-11/h2-4,11,17H,5-10H2,1H3,(H,18,19,20). The Morgan fingerprint density at radius 2 is 2.45 bits per heavy atom. The molecule has 5 nitrogen and oxygen atoms in total. The highest BCUT2D eigenvalue weighted by Crippen LogP contribution is 2.29. The van der Waals surface area contributed by atoms with Gasteiger partial charge in [-0.1, -0.05) is 23.5 Å². The molecule has 1 aromatic heterocycles. The van der Waals surface area contributed by atoms with Crippen molar-refractivity contribution in [2.45, 2.75) is 25.9 Å². The minimum absolute atomic E-state index is 0.0549. The third kappa shape index (κ3) is 3.63. The lowest BCUT2D eigenvalue weighted by Gasteiger charge is -2.06. The molecule has 1 saturated heterocycles. The van der Waals surface area contributed by atoms with Gasteiger partial charge in [0, 0.05) is 19.1 Å². The summed E-state index contributed by atoms with van der Waals surface area (Å²) in [6.07, 6.45) is 2.68. The Balaban J connectivity index is 1.63. The molecule has 1 atom stereocenters. The van der Waals surface area contributed by atoms with E-state index in [0.29, 0.717) is 24.1 Å². The zero-order chi connectivity index (χ0) is 15.4. The van der Waals surface area contributed by atoms with E-state index in [1.165, 1.54) is 17.8 Å². The average Bonchev–Trinajstić information content (AvgIpc) is 3.14. The van der Waals surface area contributed by atoms with Crippen LogP contribution in [-0.4, -0.2) is 31.1 Å². The Labute approximate surface area is 134 Å². The van der Waals surface area contributed by atoms with E-state index >= 15 is 0 Å². The topological polar surface area (TPSA) is 63.2 Å². The van der Waals surface area contributed by atoms with Crippen LogP contribution in [0.15, 0.2) is 18.2 Å². The van der Waals surface area contributed by atoms with Gasteiger partial charge in [-0.15, -0.1) is 0 Å². The Hall–Kier alpha value is -1.50. The SMILES string of the molecule is COCc1cccc2sc(NC(=O)CCC3CCNC3)nc12. The second-order valence-electron chi connectivity index (χ2n) is 5.66. The predicted molar refractivity (Wildman–Crippen MR) is 89.2 cm³/mol. The second-order valence-corrected chi connectivity index (χ2v) is 6.69. The van der Waals surface area contributed by atoms with Gasteiger partial charge in [-0.3, -0.25) is 4.79 Å². The number of benzene rings is 1. The van der Waals surface area contributed by atoms with Gasteiger partial charge >= 0.3 is 0 Å². The lowest BCUT2D eigenvalue weighted by Crippen LogP contribution is -2.14. The number of methoxy groups -OCH3 is 1. The van der Waals surface area contributed by atoms with Crippen LogP contribution in [0.5, 0.6) is 0 Å². The molecule has 1 aliphatic heterocycles. The first-order valence-electron chi connectivity index (χ1n) is 7.64. The lowest BCUT2D eigenvalue weighted by molar-refractivity contribution is -0.116. The number of rotatable bonds is 6. The highest BCUT2D eigenvalue weighted by atomic mass is 32.1. The number of aromatic nitrogens is 1. The van der Waals surface area contributed by atoms with E-state index in [2.05, 4.69) is 15.6 Å². The van der Waals surface area contributed by atoms with Gasteiger partial charge < -0.3 is 15.4 Å². The van der Waals surface area contributed by atoms with Crippen LogP contribution in [0.4, 0.5) is 5.13 Å². The highest BCUT2D eigenvalue weighted by Gasteiger charge is 2.16. The number of nitrogens with one attached hydrogen (secondary N) is 2. The molecular formula is C16H21N3O2S. The Kier molecular flexibility index (Phi) is 5.02. The summed E-state index contributed by atoms with van der Waals surface area (Å²) in [6, 6.07) is 6.02. The quantitative estimate of drug-likeness (QED) is 0.859. The van der Waals surface area contributed by atoms with E-state index in [1.54, 1.807) is 7.11 Å². The second kappa shape index (κ2) is 7.17. The van der Waals surface area contributed by atoms with Crippen molar-refractivity contribution in [2.75, 3.05) is 25.5 Å². The number of hydrogen-bond acceptors (Lipinski definition) is 5. The first-order valence-corrected chi connectivity index (χ1v) is 8.46. The fourth-order valence-corrected chi connectivity index (χ4v) is 3.74. The van der Waals surface area contributed by atoms with Gasteiger partial charge in [0.2, 0.25) is 5.91 Å². The molecule has 2 heterocycles. The van der Waals surface area contributed by atoms with Crippen molar-refractivity contribution in [3.8, 4) is 0 Å². The summed E-state index contributed by atoms with van der Waals surface area (Å²) < 4.78 is 6.27. The van der Waals surface area contributed by atoms with Gasteiger partial charge in [0.1, 0.15) is 0 Å². The number of carbonyl (C=O) groups is 1. The van der Waals surface area contributed by atoms with E-state index in [4.69, 9.17) is 4.74 Å². The summed E-state index contributed by atoms with van der Waals surface area (Å²) in [5.41, 5.74) is 1.97. The minimum Gasteiger partial charge on any atom is -0.380 e. The molecule has 1 aliphatic rings. The lowest BCUT2D eigenvalue weighted by atomic mass is 10.0. The fourth-order valence-electron chi connectivity index (χ4n) is 2.81. The zero-order valence-corrected chi connectivity index (χ0v) is 13.5. The molecule has 0 radical (unpaired) electrons. The maximum Gasteiger partial charge on any atom is 0.226 e. The molecule has 0 saturated carbocycles. The van der Waals surface area contributed by atoms with E-state index in [0.717, 1.165) is 35.3 Å². The number of anilines is 1. The summed E-state index contributed by atoms with van der Waals surface area (Å²) >= 11 is 1.51. The molecule has 0 bridgehead atoms. The number of nitrogens with zero attached hydrogens (tertiary/aromatic N) is 1. The largest absolute Gasteiger partial charge is 0.380 e. The molecule has 2 aromatic rings. The first kappa shape index (κ1) is 15.4. The molecule has 1 amide bonds. The smallest absolute Gasteiger partial charge is 0.226 e. The van der Waals surface area contributed by atoms with Gasteiger partial charge in [-0.05, 0) is 37.9 Å². The number of fused-ring (bicyclic) bond motifs is 1. The summed E-state index contributed by atoms with van der Waals surface area (Å²) in [7, 11) is 1.67. The molecule has 118 valence electrons. The van der Waals surface area contributed by atoms with Crippen LogP contribution in [0.2, 0.25) is 0 Å². The predicted octanol–water partition coefficient (Wildman–Crippen LogP) is 2.77. The maximum absolute atomic E-state index is 12.1. The summed E-state index contributed by atoms with van der Waals surface area (Å²) in [5, 5.41) is 6.93. The molecule has 2 N–H and O–H groups in total. The van der Waals surface area contributed by atoms with Crippen LogP contribution in [0.1, 0.15) is 24.8 Å². The van der Waals surface area contributed by atoms with E-state index < -0.39 is 0 Å². The molecule has 3 rings (SSSR count). The third-order valence-electron chi connectivity index (χ3n) is 3.99. The maximum atomic E-state index is 12.1. The first-order chi connectivity index (χ1) is 10.8. The van der Waals surface area contributed by atoms with Crippen LogP contribution in [-0.2, 0) is 16.1 Å². The normalized spacial score (nSPS) is 18.0. The number of ether oxygens (including phenoxy) is 1. The van der Waals surface area contributed by atoms with E-state index in [1.807, 2.05) is 18.2 Å². The number of para-hydroxylation sites is 1. The number of carbonyl (C=O) groups excluding carboxylic acids is 1. The van der Waals surface area contributed by atoms with Crippen molar-refractivity contribution in [1.29, 1.82) is 0 Å². The average molecular weight is 319 g/mol. The summed E-state index contributed by atoms with van der Waals surface area (Å²) in [5.74, 6) is 0.689.